The zero-order valence-electron chi connectivity index (χ0n) is 40.3. The first-order valence-corrected chi connectivity index (χ1v) is 24.6. The number of nitrogens with zero attached hydrogens (tertiary/aromatic N) is 5. The molecular formula is C52H67N7O9. The maximum absolute atomic E-state index is 13.7. The fourth-order valence-electron chi connectivity index (χ4n) is 11.9. The Morgan fingerprint density at radius 2 is 1.59 bits per heavy atom. The van der Waals surface area contributed by atoms with E-state index in [0.29, 0.717) is 48.7 Å². The molecule has 3 atom stereocenters. The van der Waals surface area contributed by atoms with E-state index in [1.165, 1.54) is 25.7 Å². The summed E-state index contributed by atoms with van der Waals surface area (Å²) in [5.41, 5.74) is 6.03. The number of aromatic nitrogens is 1. The number of nitrogens with one attached hydrogen (secondary N) is 2. The number of methoxy groups -OCH3 is 2. The number of carbonyl (C=O) groups excluding carboxylic acids is 5. The van der Waals surface area contributed by atoms with Crippen LogP contribution >= 0.6 is 0 Å². The van der Waals surface area contributed by atoms with E-state index < -0.39 is 17.7 Å². The lowest BCUT2D eigenvalue weighted by atomic mass is 9.69. The van der Waals surface area contributed by atoms with Crippen molar-refractivity contribution >= 4 is 35.1 Å². The van der Waals surface area contributed by atoms with Crippen LogP contribution in [0, 0.1) is 23.2 Å². The highest BCUT2D eigenvalue weighted by molar-refractivity contribution is 6.28. The Hall–Kier alpha value is -5.58. The van der Waals surface area contributed by atoms with Crippen LogP contribution in [0.5, 0.6) is 11.5 Å². The Kier molecular flexibility index (Phi) is 13.8. The fraction of sp³-hybridized carbons (Fsp3) is 0.577. The molecular weight excluding hydrogens is 867 g/mol. The zero-order valence-corrected chi connectivity index (χ0v) is 40.3. The number of piperidine rings is 1. The topological polar surface area (TPSA) is 172 Å². The van der Waals surface area contributed by atoms with Crippen molar-refractivity contribution in [3.8, 4) is 22.6 Å². The van der Waals surface area contributed by atoms with Gasteiger partial charge in [0, 0.05) is 93.3 Å². The second-order valence-corrected chi connectivity index (χ2v) is 20.4. The molecule has 2 aromatic carbocycles. The van der Waals surface area contributed by atoms with Gasteiger partial charge in [0.2, 0.25) is 11.8 Å². The number of fused-ring (bicyclic) bond motifs is 2. The molecule has 0 bridgehead atoms. The van der Waals surface area contributed by atoms with Gasteiger partial charge in [-0.1, -0.05) is 12.8 Å². The zero-order chi connectivity index (χ0) is 47.9. The van der Waals surface area contributed by atoms with E-state index >= 15 is 0 Å². The standard InChI is InChI=1S/C52H67N7O9/c1-55(2)28-41-42(66-4)24-33(25-43(41)67-5)39-29-56(3)50(64)40-30-59(19-15-35(39)40)51(65)54-45-27-52(31-68-45)16-13-32(14-17-52)8-6-7-18-57-20-22-58(23-21-57)34-9-10-36-38(26-34)48(62)46(47(36)61)37-11-12-44(60)53-49(37)63/h9-10,24-26,29,32,37,45-46H,6-8,11-23,27-28,30-31H2,1-5H3,(H,54,65)(H,53,60,63). The number of imide groups is 1. The third kappa shape index (κ3) is 9.55. The molecule has 16 heteroatoms. The minimum Gasteiger partial charge on any atom is -0.496 e. The second kappa shape index (κ2) is 19.8. The summed E-state index contributed by atoms with van der Waals surface area (Å²) >= 11 is 0. The first kappa shape index (κ1) is 47.5. The highest BCUT2D eigenvalue weighted by Gasteiger charge is 2.48. The molecule has 1 aromatic heterocycles. The molecule has 3 unspecified atom stereocenters. The van der Waals surface area contributed by atoms with Crippen molar-refractivity contribution in [1.82, 2.24) is 29.9 Å². The number of piperazine rings is 1. The number of pyridine rings is 1. The third-order valence-corrected chi connectivity index (χ3v) is 15.8. The first-order chi connectivity index (χ1) is 32.7. The summed E-state index contributed by atoms with van der Waals surface area (Å²) in [7, 11) is 9.07. The molecule has 4 aliphatic heterocycles. The predicted octanol–water partition coefficient (Wildman–Crippen LogP) is 5.16. The number of urea groups is 1. The normalized spacial score (nSPS) is 25.2. The number of hydrogen-bond donors (Lipinski definition) is 2. The highest BCUT2D eigenvalue weighted by atomic mass is 16.5. The molecule has 0 radical (unpaired) electrons. The van der Waals surface area contributed by atoms with Gasteiger partial charge in [0.1, 0.15) is 17.7 Å². The number of rotatable bonds is 13. The van der Waals surface area contributed by atoms with Gasteiger partial charge in [-0.3, -0.25) is 34.2 Å². The number of Topliss-reactive ketones (excluding diaryl/α,β-unsaturated/α-hetero) is 2. The Morgan fingerprint density at radius 1 is 0.868 bits per heavy atom. The summed E-state index contributed by atoms with van der Waals surface area (Å²) in [6.07, 6.45) is 11.4. The molecule has 5 heterocycles. The molecule has 3 saturated heterocycles. The van der Waals surface area contributed by atoms with Gasteiger partial charge in [0.25, 0.3) is 5.56 Å². The molecule has 2 N–H and O–H groups in total. The number of amides is 4. The van der Waals surface area contributed by atoms with Gasteiger partial charge in [0.05, 0.1) is 44.8 Å². The molecule has 1 spiro atoms. The minimum atomic E-state index is -1.05. The SMILES string of the molecule is COc1cc(-c2cn(C)c(=O)c3c2CCN(C(=O)NC2CC4(CCC(CCCCN5CCN(c6ccc7c(c6)C(=O)C(C6CCC(=O)NC6=O)C7=O)CC5)CC4)CO2)C3)cc(OC)c1CN(C)C. The number of anilines is 1. The molecule has 4 fully saturated rings. The van der Waals surface area contributed by atoms with Crippen LogP contribution in [0.25, 0.3) is 11.1 Å². The van der Waals surface area contributed by atoms with Crippen LogP contribution in [0.15, 0.2) is 41.3 Å². The van der Waals surface area contributed by atoms with Gasteiger partial charge in [-0.05, 0) is 118 Å². The van der Waals surface area contributed by atoms with Crippen LogP contribution in [-0.4, -0.2) is 129 Å². The monoisotopic (exact) mass is 934 g/mol. The van der Waals surface area contributed by atoms with E-state index in [9.17, 15) is 28.8 Å². The largest absolute Gasteiger partial charge is 0.496 e. The van der Waals surface area contributed by atoms with Crippen molar-refractivity contribution in [2.24, 2.45) is 30.2 Å². The van der Waals surface area contributed by atoms with Gasteiger partial charge in [-0.15, -0.1) is 0 Å². The van der Waals surface area contributed by atoms with Crippen molar-refractivity contribution in [1.29, 1.82) is 0 Å². The molecule has 9 rings (SSSR count). The molecule has 364 valence electrons. The fourth-order valence-corrected chi connectivity index (χ4v) is 11.9. The van der Waals surface area contributed by atoms with Gasteiger partial charge in [-0.25, -0.2) is 4.79 Å². The summed E-state index contributed by atoms with van der Waals surface area (Å²) < 4.78 is 19.5. The third-order valence-electron chi connectivity index (χ3n) is 15.8. The van der Waals surface area contributed by atoms with E-state index in [-0.39, 0.29) is 60.1 Å². The summed E-state index contributed by atoms with van der Waals surface area (Å²) in [6, 6.07) is 9.28. The maximum Gasteiger partial charge on any atom is 0.319 e. The van der Waals surface area contributed by atoms with Crippen molar-refractivity contribution < 1.29 is 38.2 Å². The van der Waals surface area contributed by atoms with Crippen molar-refractivity contribution in [2.75, 3.05) is 79.1 Å². The lowest BCUT2D eigenvalue weighted by Crippen LogP contribution is -2.48. The van der Waals surface area contributed by atoms with Crippen LogP contribution in [-0.2, 0) is 40.9 Å². The number of hydrogen-bond acceptors (Lipinski definition) is 12. The quantitative estimate of drug-likeness (QED) is 0.131. The number of ketones is 2. The van der Waals surface area contributed by atoms with E-state index in [1.54, 1.807) is 36.8 Å². The molecule has 1 saturated carbocycles. The summed E-state index contributed by atoms with van der Waals surface area (Å²) in [5, 5.41) is 5.46. The Morgan fingerprint density at radius 3 is 2.28 bits per heavy atom. The lowest BCUT2D eigenvalue weighted by Gasteiger charge is -2.37. The van der Waals surface area contributed by atoms with Crippen LogP contribution in [0.1, 0.15) is 102 Å². The Labute approximate surface area is 398 Å². The predicted molar refractivity (Wildman–Crippen MR) is 256 cm³/mol. The number of benzene rings is 2. The average Bonchev–Trinajstić information content (AvgIpc) is 3.84. The van der Waals surface area contributed by atoms with E-state index in [1.807, 2.05) is 44.6 Å². The highest BCUT2D eigenvalue weighted by Crippen LogP contribution is 2.47. The number of aryl methyl sites for hydroxylation is 1. The second-order valence-electron chi connectivity index (χ2n) is 20.4. The van der Waals surface area contributed by atoms with Crippen LogP contribution in [0.4, 0.5) is 10.5 Å². The lowest BCUT2D eigenvalue weighted by molar-refractivity contribution is -0.137. The van der Waals surface area contributed by atoms with Crippen molar-refractivity contribution in [3.63, 3.8) is 0 Å². The van der Waals surface area contributed by atoms with E-state index in [4.69, 9.17) is 14.2 Å². The van der Waals surface area contributed by atoms with E-state index in [2.05, 4.69) is 25.3 Å². The summed E-state index contributed by atoms with van der Waals surface area (Å²) in [5.74, 6) is -1.24. The van der Waals surface area contributed by atoms with Crippen LogP contribution in [0.2, 0.25) is 0 Å². The molecule has 2 aliphatic carbocycles. The van der Waals surface area contributed by atoms with Gasteiger partial charge < -0.3 is 38.8 Å². The number of ether oxygens (including phenoxy) is 3. The minimum absolute atomic E-state index is 0.0918. The molecule has 6 aliphatic rings. The summed E-state index contributed by atoms with van der Waals surface area (Å²) in [6.45, 7) is 6.59. The Bertz CT molecular complexity index is 2500. The maximum atomic E-state index is 13.7. The van der Waals surface area contributed by atoms with Gasteiger partial charge >= 0.3 is 6.03 Å². The first-order valence-electron chi connectivity index (χ1n) is 24.6. The Balaban J connectivity index is 0.703. The molecule has 4 amide bonds. The molecule has 3 aromatic rings. The van der Waals surface area contributed by atoms with Crippen LogP contribution in [0.3, 0.4) is 0 Å². The van der Waals surface area contributed by atoms with Gasteiger partial charge in [0.15, 0.2) is 11.6 Å². The van der Waals surface area contributed by atoms with E-state index in [0.717, 1.165) is 97.8 Å². The van der Waals surface area contributed by atoms with Crippen molar-refractivity contribution in [3.05, 3.63) is 74.7 Å². The average molecular weight is 934 g/mol. The summed E-state index contributed by atoms with van der Waals surface area (Å²) in [4.78, 5) is 86.7. The smallest absolute Gasteiger partial charge is 0.319 e. The number of unbranched alkanes of at least 4 members (excludes halogenated alkanes) is 1. The molecule has 68 heavy (non-hydrogen) atoms. The van der Waals surface area contributed by atoms with Crippen molar-refractivity contribution in [2.45, 2.75) is 89.9 Å². The number of carbonyl (C=O) groups is 5. The molecule has 16 nitrogen and oxygen atoms in total. The van der Waals surface area contributed by atoms with Crippen LogP contribution < -0.4 is 30.6 Å². The van der Waals surface area contributed by atoms with Gasteiger partial charge in [-0.2, -0.15) is 0 Å².